The van der Waals surface area contributed by atoms with Crippen LogP contribution in [0, 0.1) is 16.0 Å². The van der Waals surface area contributed by atoms with Crippen LogP contribution in [0.4, 0.5) is 0 Å². The molecule has 0 N–H and O–H groups in total. The van der Waals surface area contributed by atoms with Crippen molar-refractivity contribution < 1.29 is 9.72 Å². The van der Waals surface area contributed by atoms with Gasteiger partial charge in [-0.1, -0.05) is 30.3 Å². The molecule has 0 unspecified atom stereocenters. The minimum absolute atomic E-state index is 0.0711. The third kappa shape index (κ3) is 3.65. The van der Waals surface area contributed by atoms with Gasteiger partial charge in [-0.25, -0.2) is 0 Å². The molecule has 2 aliphatic rings. The van der Waals surface area contributed by atoms with Crippen LogP contribution in [-0.4, -0.2) is 28.8 Å². The van der Waals surface area contributed by atoms with E-state index in [1.165, 1.54) is 18.4 Å². The van der Waals surface area contributed by atoms with Gasteiger partial charge in [-0.15, -0.1) is 10.2 Å². The van der Waals surface area contributed by atoms with Gasteiger partial charge in [0.25, 0.3) is 0 Å². The first-order chi connectivity index (χ1) is 11.6. The molecule has 1 aliphatic heterocycles. The largest absolute Gasteiger partial charge is 0.294 e. The second kappa shape index (κ2) is 7.03. The number of amidine groups is 1. The molecule has 3 atom stereocenters. The fourth-order valence-electron chi connectivity index (χ4n) is 2.57. The quantitative estimate of drug-likeness (QED) is 0.482. The van der Waals surface area contributed by atoms with Crippen LogP contribution < -0.4 is 0 Å². The summed E-state index contributed by atoms with van der Waals surface area (Å²) in [5.41, 5.74) is 1.05. The van der Waals surface area contributed by atoms with Crippen molar-refractivity contribution >= 4 is 17.8 Å². The molecule has 0 bridgehead atoms. The summed E-state index contributed by atoms with van der Waals surface area (Å²) in [4.78, 5) is 22.1. The van der Waals surface area contributed by atoms with Crippen molar-refractivity contribution in [2.45, 2.75) is 24.9 Å². The summed E-state index contributed by atoms with van der Waals surface area (Å²) in [6, 6.07) is 8.82. The number of nitro groups is 1. The predicted molar refractivity (Wildman–Crippen MR) is 87.6 cm³/mol. The van der Waals surface area contributed by atoms with Crippen LogP contribution in [0.25, 0.3) is 0 Å². The maximum Gasteiger partial charge on any atom is 0.232 e. The molecule has 0 saturated carbocycles. The highest BCUT2D eigenvalue weighted by Crippen LogP contribution is 2.27. The summed E-state index contributed by atoms with van der Waals surface area (Å²) in [6.45, 7) is 0. The number of benzene rings is 1. The van der Waals surface area contributed by atoms with Gasteiger partial charge in [-0.2, -0.15) is 10.2 Å². The Balaban J connectivity index is 1.61. The van der Waals surface area contributed by atoms with E-state index in [0.717, 1.165) is 5.56 Å². The molecule has 1 aromatic carbocycles. The molecular formula is C16H15N5O3. The van der Waals surface area contributed by atoms with E-state index in [4.69, 9.17) is 0 Å². The SMILES string of the molecule is O=C1C=C[C@H]([N+](=O)[O-])C[C@@H]1/C=N\N=C1\C[C@@H](c2ccccc2)N=N1. The second-order valence-corrected chi connectivity index (χ2v) is 5.58. The van der Waals surface area contributed by atoms with Crippen LogP contribution >= 0.6 is 0 Å². The number of carbonyl (C=O) groups is 1. The molecule has 122 valence electrons. The Morgan fingerprint density at radius 2 is 2.08 bits per heavy atom. The molecule has 0 saturated heterocycles. The van der Waals surface area contributed by atoms with Crippen molar-refractivity contribution in [1.29, 1.82) is 0 Å². The van der Waals surface area contributed by atoms with Crippen molar-refractivity contribution in [3.8, 4) is 0 Å². The van der Waals surface area contributed by atoms with Crippen LogP contribution in [0.1, 0.15) is 24.4 Å². The van der Waals surface area contributed by atoms with E-state index < -0.39 is 16.9 Å². The first-order valence-corrected chi connectivity index (χ1v) is 7.55. The zero-order valence-corrected chi connectivity index (χ0v) is 12.7. The van der Waals surface area contributed by atoms with E-state index >= 15 is 0 Å². The maximum atomic E-state index is 11.7. The lowest BCUT2D eigenvalue weighted by atomic mass is 9.91. The van der Waals surface area contributed by atoms with Crippen molar-refractivity contribution in [3.05, 3.63) is 58.2 Å². The average Bonchev–Trinajstić information content (AvgIpc) is 3.06. The smallest absolute Gasteiger partial charge is 0.232 e. The highest BCUT2D eigenvalue weighted by atomic mass is 16.6. The average molecular weight is 325 g/mol. The van der Waals surface area contributed by atoms with E-state index in [0.29, 0.717) is 12.3 Å². The number of ketones is 1. The Labute approximate surface area is 137 Å². The minimum Gasteiger partial charge on any atom is -0.294 e. The number of nitrogens with zero attached hydrogens (tertiary/aromatic N) is 5. The van der Waals surface area contributed by atoms with Gasteiger partial charge in [0.1, 0.15) is 6.04 Å². The Morgan fingerprint density at radius 1 is 1.29 bits per heavy atom. The third-order valence-corrected chi connectivity index (χ3v) is 3.91. The van der Waals surface area contributed by atoms with Gasteiger partial charge in [-0.05, 0) is 17.7 Å². The standard InChI is InChI=1S/C16H15N5O3/c22-15-7-6-13(21(23)24)8-12(15)10-17-19-16-9-14(18-20-16)11-4-2-1-3-5-11/h1-7,10,12-14H,8-9H2/b17-10-,19-16-/t12-,13+,14+/m1/s1. The van der Waals surface area contributed by atoms with Crippen molar-refractivity contribution in [1.82, 2.24) is 0 Å². The highest BCUT2D eigenvalue weighted by molar-refractivity contribution is 6.02. The molecule has 1 aromatic rings. The van der Waals surface area contributed by atoms with E-state index in [1.807, 2.05) is 30.3 Å². The predicted octanol–water partition coefficient (Wildman–Crippen LogP) is 2.76. The van der Waals surface area contributed by atoms with Crippen molar-refractivity contribution in [2.75, 3.05) is 0 Å². The lowest BCUT2D eigenvalue weighted by Crippen LogP contribution is -2.29. The molecule has 8 heteroatoms. The van der Waals surface area contributed by atoms with Crippen LogP contribution in [0.5, 0.6) is 0 Å². The maximum absolute atomic E-state index is 11.7. The molecule has 0 radical (unpaired) electrons. The normalized spacial score (nSPS) is 28.1. The summed E-state index contributed by atoms with van der Waals surface area (Å²) in [7, 11) is 0. The summed E-state index contributed by atoms with van der Waals surface area (Å²) in [6.07, 6.45) is 4.54. The minimum atomic E-state index is -0.861. The van der Waals surface area contributed by atoms with E-state index in [9.17, 15) is 14.9 Å². The number of allylic oxidation sites excluding steroid dienone is 1. The molecule has 0 spiro atoms. The van der Waals surface area contributed by atoms with Gasteiger partial charge in [0, 0.05) is 24.0 Å². The summed E-state index contributed by atoms with van der Waals surface area (Å²) < 4.78 is 0. The van der Waals surface area contributed by atoms with Crippen molar-refractivity contribution in [3.63, 3.8) is 0 Å². The molecule has 0 aromatic heterocycles. The van der Waals surface area contributed by atoms with Gasteiger partial charge in [0.15, 0.2) is 11.6 Å². The lowest BCUT2D eigenvalue weighted by molar-refractivity contribution is -0.510. The van der Waals surface area contributed by atoms with Crippen LogP contribution in [0.15, 0.2) is 62.9 Å². The highest BCUT2D eigenvalue weighted by Gasteiger charge is 2.29. The van der Waals surface area contributed by atoms with Gasteiger partial charge < -0.3 is 0 Å². The summed E-state index contributed by atoms with van der Waals surface area (Å²) in [5, 5.41) is 26.8. The van der Waals surface area contributed by atoms with Crippen molar-refractivity contribution in [2.24, 2.45) is 26.3 Å². The molecule has 8 nitrogen and oxygen atoms in total. The Hall–Kier alpha value is -3.03. The van der Waals surface area contributed by atoms with Crippen LogP contribution in [0.3, 0.4) is 0 Å². The molecule has 1 heterocycles. The Bertz CT molecular complexity index is 754. The third-order valence-electron chi connectivity index (χ3n) is 3.91. The fraction of sp³-hybridized carbons (Fsp3) is 0.312. The number of azo groups is 1. The molecule has 24 heavy (non-hydrogen) atoms. The van der Waals surface area contributed by atoms with E-state index in [-0.39, 0.29) is 18.2 Å². The first-order valence-electron chi connectivity index (χ1n) is 7.55. The number of rotatable bonds is 4. The Kier molecular flexibility index (Phi) is 4.64. The molecule has 1 aliphatic carbocycles. The summed E-state index contributed by atoms with van der Waals surface area (Å²) in [5.74, 6) is -0.352. The van der Waals surface area contributed by atoms with Crippen LogP contribution in [-0.2, 0) is 4.79 Å². The van der Waals surface area contributed by atoms with Gasteiger partial charge in [-0.3, -0.25) is 14.9 Å². The fourth-order valence-corrected chi connectivity index (χ4v) is 2.57. The monoisotopic (exact) mass is 325 g/mol. The zero-order chi connectivity index (χ0) is 16.9. The van der Waals surface area contributed by atoms with Gasteiger partial charge >= 0.3 is 0 Å². The number of carbonyl (C=O) groups excluding carboxylic acids is 1. The molecule has 0 amide bonds. The summed E-state index contributed by atoms with van der Waals surface area (Å²) >= 11 is 0. The number of hydrogen-bond donors (Lipinski definition) is 0. The van der Waals surface area contributed by atoms with E-state index in [1.54, 1.807) is 0 Å². The van der Waals surface area contributed by atoms with Gasteiger partial charge in [0.05, 0.1) is 5.92 Å². The molecule has 0 fully saturated rings. The molecular weight excluding hydrogens is 310 g/mol. The zero-order valence-electron chi connectivity index (χ0n) is 12.7. The van der Waals surface area contributed by atoms with Crippen LogP contribution in [0.2, 0.25) is 0 Å². The number of hydrogen-bond acceptors (Lipinski definition) is 6. The lowest BCUT2D eigenvalue weighted by Gasteiger charge is -2.14. The van der Waals surface area contributed by atoms with E-state index in [2.05, 4.69) is 20.4 Å². The second-order valence-electron chi connectivity index (χ2n) is 5.58. The Morgan fingerprint density at radius 3 is 2.83 bits per heavy atom. The molecule has 3 rings (SSSR count). The first kappa shape index (κ1) is 15.9. The van der Waals surface area contributed by atoms with Gasteiger partial charge in [0.2, 0.25) is 6.04 Å². The topological polar surface area (TPSA) is 110 Å².